The van der Waals surface area contributed by atoms with Crippen LogP contribution in [-0.2, 0) is 0 Å². The number of benzene rings is 2. The van der Waals surface area contributed by atoms with Crippen molar-refractivity contribution in [1.29, 1.82) is 0 Å². The first-order chi connectivity index (χ1) is 8.66. The van der Waals surface area contributed by atoms with Crippen LogP contribution in [0, 0.1) is 0 Å². The largest absolute Gasteiger partial charge is 0.294 e. The van der Waals surface area contributed by atoms with Crippen molar-refractivity contribution in [2.75, 3.05) is 0 Å². The number of carbonyl (C=O) groups is 1. The van der Waals surface area contributed by atoms with Gasteiger partial charge in [-0.25, -0.2) is 4.39 Å². The Morgan fingerprint density at radius 2 is 1.67 bits per heavy atom. The van der Waals surface area contributed by atoms with E-state index in [1.54, 1.807) is 48.5 Å². The summed E-state index contributed by atoms with van der Waals surface area (Å²) in [5.41, 5.74) is 1.08. The van der Waals surface area contributed by atoms with E-state index in [0.29, 0.717) is 11.1 Å². The van der Waals surface area contributed by atoms with E-state index in [2.05, 4.69) is 15.9 Å². The van der Waals surface area contributed by atoms with E-state index in [-0.39, 0.29) is 12.2 Å². The molecule has 18 heavy (non-hydrogen) atoms. The first-order valence-corrected chi connectivity index (χ1v) is 6.44. The highest BCUT2D eigenvalue weighted by molar-refractivity contribution is 9.10. The summed E-state index contributed by atoms with van der Waals surface area (Å²) >= 11 is 3.30. The second-order valence-corrected chi connectivity index (χ2v) is 4.93. The summed E-state index contributed by atoms with van der Waals surface area (Å²) in [6.45, 7) is 0. The van der Waals surface area contributed by atoms with Crippen LogP contribution in [-0.4, -0.2) is 5.78 Å². The van der Waals surface area contributed by atoms with E-state index in [4.69, 9.17) is 0 Å². The molecule has 0 fully saturated rings. The number of ketones is 1. The van der Waals surface area contributed by atoms with E-state index in [0.717, 1.165) is 4.47 Å². The predicted octanol–water partition coefficient (Wildman–Crippen LogP) is 4.73. The van der Waals surface area contributed by atoms with Gasteiger partial charge in [-0.05, 0) is 17.7 Å². The summed E-state index contributed by atoms with van der Waals surface area (Å²) in [6.07, 6.45) is -1.37. The lowest BCUT2D eigenvalue weighted by atomic mass is 10.0. The third-order valence-corrected chi connectivity index (χ3v) is 3.22. The van der Waals surface area contributed by atoms with Crippen molar-refractivity contribution in [3.05, 3.63) is 70.2 Å². The summed E-state index contributed by atoms with van der Waals surface area (Å²) in [5, 5.41) is 0. The second kappa shape index (κ2) is 5.91. The number of halogens is 2. The van der Waals surface area contributed by atoms with Crippen molar-refractivity contribution in [2.24, 2.45) is 0 Å². The first-order valence-electron chi connectivity index (χ1n) is 5.64. The van der Waals surface area contributed by atoms with Crippen LogP contribution in [0.15, 0.2) is 59.1 Å². The molecule has 0 saturated heterocycles. The number of carbonyl (C=O) groups excluding carboxylic acids is 1. The molecule has 1 unspecified atom stereocenters. The fourth-order valence-electron chi connectivity index (χ4n) is 1.70. The second-order valence-electron chi connectivity index (χ2n) is 4.01. The predicted molar refractivity (Wildman–Crippen MR) is 73.4 cm³/mol. The summed E-state index contributed by atoms with van der Waals surface area (Å²) in [7, 11) is 0. The summed E-state index contributed by atoms with van der Waals surface area (Å²) in [6, 6.07) is 15.7. The number of hydrogen-bond acceptors (Lipinski definition) is 1. The zero-order chi connectivity index (χ0) is 13.0. The molecule has 3 heteroatoms. The van der Waals surface area contributed by atoms with Crippen LogP contribution in [0.3, 0.4) is 0 Å². The molecule has 2 aromatic carbocycles. The van der Waals surface area contributed by atoms with E-state index < -0.39 is 6.17 Å². The van der Waals surface area contributed by atoms with Crippen LogP contribution in [0.25, 0.3) is 0 Å². The lowest BCUT2D eigenvalue weighted by Crippen LogP contribution is -2.04. The fourth-order valence-corrected chi connectivity index (χ4v) is 1.96. The highest BCUT2D eigenvalue weighted by Gasteiger charge is 2.15. The maximum Gasteiger partial charge on any atom is 0.166 e. The van der Waals surface area contributed by atoms with Crippen molar-refractivity contribution in [1.82, 2.24) is 0 Å². The Balaban J connectivity index is 2.06. The summed E-state index contributed by atoms with van der Waals surface area (Å²) < 4.78 is 14.8. The number of hydrogen-bond donors (Lipinski definition) is 0. The van der Waals surface area contributed by atoms with Crippen molar-refractivity contribution in [3.8, 4) is 0 Å². The first kappa shape index (κ1) is 13.0. The smallest absolute Gasteiger partial charge is 0.166 e. The molecule has 0 spiro atoms. The quantitative estimate of drug-likeness (QED) is 0.746. The van der Waals surface area contributed by atoms with Crippen molar-refractivity contribution in [3.63, 3.8) is 0 Å². The average Bonchev–Trinajstić information content (AvgIpc) is 2.40. The monoisotopic (exact) mass is 306 g/mol. The normalized spacial score (nSPS) is 12.1. The third-order valence-electron chi connectivity index (χ3n) is 2.69. The van der Waals surface area contributed by atoms with Gasteiger partial charge in [0.05, 0.1) is 0 Å². The zero-order valence-electron chi connectivity index (χ0n) is 9.64. The molecule has 1 atom stereocenters. The van der Waals surface area contributed by atoms with Crippen LogP contribution in [0.1, 0.15) is 28.5 Å². The van der Waals surface area contributed by atoms with Gasteiger partial charge in [0.15, 0.2) is 5.78 Å². The van der Waals surface area contributed by atoms with Gasteiger partial charge in [-0.1, -0.05) is 58.4 Å². The van der Waals surface area contributed by atoms with Crippen LogP contribution in [0.4, 0.5) is 4.39 Å². The minimum atomic E-state index is -1.25. The summed E-state index contributed by atoms with van der Waals surface area (Å²) in [4.78, 5) is 11.9. The molecular weight excluding hydrogens is 295 g/mol. The van der Waals surface area contributed by atoms with Gasteiger partial charge in [0, 0.05) is 16.5 Å². The lowest BCUT2D eigenvalue weighted by molar-refractivity contribution is 0.0947. The Hall–Kier alpha value is -1.48. The van der Waals surface area contributed by atoms with Crippen LogP contribution in [0.5, 0.6) is 0 Å². The van der Waals surface area contributed by atoms with Gasteiger partial charge in [-0.2, -0.15) is 0 Å². The Morgan fingerprint density at radius 1 is 1.06 bits per heavy atom. The van der Waals surface area contributed by atoms with Gasteiger partial charge in [0.2, 0.25) is 0 Å². The molecule has 92 valence electrons. The standard InChI is InChI=1S/C15H12BrFO/c16-13-8-6-12(7-9-13)15(18)10-14(17)11-4-2-1-3-5-11/h1-9,14H,10H2. The maximum atomic E-state index is 13.9. The van der Waals surface area contributed by atoms with Gasteiger partial charge >= 0.3 is 0 Å². The molecule has 0 saturated carbocycles. The van der Waals surface area contributed by atoms with E-state index in [9.17, 15) is 9.18 Å². The topological polar surface area (TPSA) is 17.1 Å². The van der Waals surface area contributed by atoms with Crippen molar-refractivity contribution in [2.45, 2.75) is 12.6 Å². The molecule has 0 aliphatic carbocycles. The van der Waals surface area contributed by atoms with E-state index in [1.165, 1.54) is 0 Å². The molecule has 0 aliphatic heterocycles. The Bertz CT molecular complexity index is 522. The van der Waals surface area contributed by atoms with Crippen LogP contribution in [0.2, 0.25) is 0 Å². The molecule has 0 N–H and O–H groups in total. The van der Waals surface area contributed by atoms with Crippen molar-refractivity contribution < 1.29 is 9.18 Å². The molecule has 0 amide bonds. The van der Waals surface area contributed by atoms with Crippen LogP contribution >= 0.6 is 15.9 Å². The minimum absolute atomic E-state index is 0.119. The lowest BCUT2D eigenvalue weighted by Gasteiger charge is -2.07. The van der Waals surface area contributed by atoms with Gasteiger partial charge in [-0.15, -0.1) is 0 Å². The number of rotatable bonds is 4. The molecular formula is C15H12BrFO. The fraction of sp³-hybridized carbons (Fsp3) is 0.133. The van der Waals surface area contributed by atoms with Crippen LogP contribution < -0.4 is 0 Å². The molecule has 0 aliphatic rings. The third kappa shape index (κ3) is 3.26. The SMILES string of the molecule is O=C(CC(F)c1ccccc1)c1ccc(Br)cc1. The van der Waals surface area contributed by atoms with E-state index >= 15 is 0 Å². The Kier molecular flexibility index (Phi) is 4.26. The number of alkyl halides is 1. The Morgan fingerprint density at radius 3 is 2.28 bits per heavy atom. The average molecular weight is 307 g/mol. The van der Waals surface area contributed by atoms with Gasteiger partial charge in [0.25, 0.3) is 0 Å². The zero-order valence-corrected chi connectivity index (χ0v) is 11.2. The molecule has 0 heterocycles. The Labute approximate surface area is 114 Å². The number of Topliss-reactive ketones (excluding diaryl/α,β-unsaturated/α-hetero) is 1. The van der Waals surface area contributed by atoms with Gasteiger partial charge in [0.1, 0.15) is 6.17 Å². The van der Waals surface area contributed by atoms with Gasteiger partial charge in [-0.3, -0.25) is 4.79 Å². The molecule has 1 nitrogen and oxygen atoms in total. The molecule has 2 aromatic rings. The molecule has 0 bridgehead atoms. The molecule has 0 aromatic heterocycles. The molecule has 2 rings (SSSR count). The van der Waals surface area contributed by atoms with E-state index in [1.807, 2.05) is 6.07 Å². The molecule has 0 radical (unpaired) electrons. The highest BCUT2D eigenvalue weighted by Crippen LogP contribution is 2.23. The summed E-state index contributed by atoms with van der Waals surface area (Å²) in [5.74, 6) is -0.182. The minimum Gasteiger partial charge on any atom is -0.294 e. The van der Waals surface area contributed by atoms with Gasteiger partial charge < -0.3 is 0 Å². The van der Waals surface area contributed by atoms with Crippen molar-refractivity contribution >= 4 is 21.7 Å². The highest BCUT2D eigenvalue weighted by atomic mass is 79.9. The maximum absolute atomic E-state index is 13.9.